The van der Waals surface area contributed by atoms with E-state index in [9.17, 15) is 18.8 Å². The van der Waals surface area contributed by atoms with E-state index in [1.165, 1.54) is 17.1 Å². The van der Waals surface area contributed by atoms with Gasteiger partial charge in [0.1, 0.15) is 17.7 Å². The Kier molecular flexibility index (Phi) is 10.9. The normalized spacial score (nSPS) is 20.7. The molecule has 2 aliphatic heterocycles. The minimum atomic E-state index is -0.717. The van der Waals surface area contributed by atoms with Gasteiger partial charge in [0.05, 0.1) is 24.0 Å². The molecular formula is C43H44FN9O3. The number of aromatic nitrogens is 2. The minimum Gasteiger partial charge on any atom is -0.345 e. The molecule has 0 bridgehead atoms. The molecule has 0 saturated carbocycles. The van der Waals surface area contributed by atoms with Crippen molar-refractivity contribution in [2.24, 2.45) is 15.9 Å². The Morgan fingerprint density at radius 3 is 2.64 bits per heavy atom. The zero-order valence-electron chi connectivity index (χ0n) is 32.0. The molecule has 4 amide bonds. The Morgan fingerprint density at radius 1 is 1.09 bits per heavy atom. The van der Waals surface area contributed by atoms with E-state index in [0.717, 1.165) is 28.1 Å². The number of aliphatic imine (C=N–C) groups is 2. The van der Waals surface area contributed by atoms with Crippen molar-refractivity contribution in [3.8, 4) is 0 Å². The van der Waals surface area contributed by atoms with Crippen molar-refractivity contribution in [1.82, 2.24) is 20.2 Å². The number of hydrogen-bond acceptors (Lipinski definition) is 8. The third-order valence-electron chi connectivity index (χ3n) is 9.98. The topological polar surface area (TPSA) is 144 Å². The summed E-state index contributed by atoms with van der Waals surface area (Å²) in [6.45, 7) is 7.88. The minimum absolute atomic E-state index is 0.0406. The van der Waals surface area contributed by atoms with Gasteiger partial charge in [0, 0.05) is 58.8 Å². The van der Waals surface area contributed by atoms with E-state index in [2.05, 4.69) is 30.9 Å². The molecule has 3 heterocycles. The van der Waals surface area contributed by atoms with Crippen LogP contribution < -0.4 is 20.9 Å². The first kappa shape index (κ1) is 37.8. The molecule has 3 N–H and O–H groups in total. The van der Waals surface area contributed by atoms with Crippen LogP contribution in [0.3, 0.4) is 0 Å². The van der Waals surface area contributed by atoms with Gasteiger partial charge in [0.2, 0.25) is 11.9 Å². The number of urea groups is 1. The molecule has 286 valence electrons. The highest BCUT2D eigenvalue weighted by Crippen LogP contribution is 2.33. The van der Waals surface area contributed by atoms with Gasteiger partial charge < -0.3 is 16.0 Å². The summed E-state index contributed by atoms with van der Waals surface area (Å²) in [6.07, 6.45) is 13.5. The summed E-state index contributed by atoms with van der Waals surface area (Å²) in [5.74, 6) is -0.0778. The van der Waals surface area contributed by atoms with Gasteiger partial charge in [-0.25, -0.2) is 14.2 Å². The van der Waals surface area contributed by atoms with Crippen LogP contribution in [0, 0.1) is 5.92 Å². The van der Waals surface area contributed by atoms with E-state index in [4.69, 9.17) is 4.99 Å². The highest BCUT2D eigenvalue weighted by molar-refractivity contribution is 6.20. The molecule has 2 unspecified atom stereocenters. The number of halogens is 1. The average molecular weight is 754 g/mol. The highest BCUT2D eigenvalue weighted by Gasteiger charge is 2.34. The molecule has 3 atom stereocenters. The van der Waals surface area contributed by atoms with Crippen molar-refractivity contribution in [3.05, 3.63) is 136 Å². The summed E-state index contributed by atoms with van der Waals surface area (Å²) in [5.41, 5.74) is 7.05. The van der Waals surface area contributed by atoms with Crippen LogP contribution in [-0.2, 0) is 11.3 Å². The van der Waals surface area contributed by atoms with Gasteiger partial charge in [-0.1, -0.05) is 42.5 Å². The quantitative estimate of drug-likeness (QED) is 0.192. The second-order valence-corrected chi connectivity index (χ2v) is 14.5. The van der Waals surface area contributed by atoms with Gasteiger partial charge in [-0.2, -0.15) is 4.98 Å². The maximum Gasteiger partial charge on any atom is 0.330 e. The van der Waals surface area contributed by atoms with Crippen molar-refractivity contribution in [2.75, 3.05) is 22.6 Å². The third-order valence-corrected chi connectivity index (χ3v) is 9.98. The standard InChI is InChI=1S/C43H44FN9O3/c1-25(2)45-22-27(4)47-42-46-23-31-24-53(43(56)52(5)39(31)51-42)37-21-33(17-11-26(37)3)48-40(54)30-14-18-34-35(20-30)50-41(55)36(19-28-12-15-32(44)16-13-28)49-38(34)29-9-7-6-8-10-29/h6-12,14-16,18,20-23,28,33,36H,13,17,19,24H2,1-5H3,(H,48,54)(H,50,55)(H,46,47,51)/b27-22+/t28?,33?,36-/m0/s1. The predicted octanol–water partition coefficient (Wildman–Crippen LogP) is 7.61. The molecular weight excluding hydrogens is 710 g/mol. The van der Waals surface area contributed by atoms with E-state index in [0.29, 0.717) is 59.3 Å². The zero-order chi connectivity index (χ0) is 39.5. The van der Waals surface area contributed by atoms with Crippen molar-refractivity contribution in [1.29, 1.82) is 0 Å². The van der Waals surface area contributed by atoms with Crippen molar-refractivity contribution >= 4 is 46.7 Å². The predicted molar refractivity (Wildman–Crippen MR) is 217 cm³/mol. The maximum atomic E-state index is 13.8. The number of anilines is 3. The lowest BCUT2D eigenvalue weighted by Crippen LogP contribution is -2.46. The number of nitrogens with zero attached hydrogens (tertiary/aromatic N) is 6. The lowest BCUT2D eigenvalue weighted by Gasteiger charge is -2.37. The Morgan fingerprint density at radius 2 is 1.89 bits per heavy atom. The molecule has 7 rings (SSSR count). The SMILES string of the molecule is CC1=CCC(NC(=O)c2ccc3c(c2)NC(=O)[C@H](CC2C=CC(F)=CC2)N=C3c2ccccc2)C=C1N1Cc2cnc(N/C(C)=C/N=C(C)C)nc2N(C)C1=O. The first-order valence-electron chi connectivity index (χ1n) is 18.6. The highest BCUT2D eigenvalue weighted by atomic mass is 19.1. The van der Waals surface area contributed by atoms with E-state index in [1.807, 2.05) is 76.2 Å². The number of fused-ring (bicyclic) bond motifs is 2. The molecule has 0 saturated heterocycles. The summed E-state index contributed by atoms with van der Waals surface area (Å²) >= 11 is 0. The lowest BCUT2D eigenvalue weighted by atomic mass is 9.92. The van der Waals surface area contributed by atoms with Gasteiger partial charge in [-0.15, -0.1) is 0 Å². The van der Waals surface area contributed by atoms with Crippen LogP contribution in [0.4, 0.5) is 26.6 Å². The molecule has 0 radical (unpaired) electrons. The molecule has 2 aliphatic carbocycles. The average Bonchev–Trinajstić information content (AvgIpc) is 3.32. The van der Waals surface area contributed by atoms with Gasteiger partial charge in [-0.3, -0.25) is 29.4 Å². The molecule has 1 aromatic heterocycles. The lowest BCUT2D eigenvalue weighted by molar-refractivity contribution is -0.117. The Hall–Kier alpha value is -6.50. The molecule has 13 heteroatoms. The first-order valence-corrected chi connectivity index (χ1v) is 18.6. The zero-order valence-corrected chi connectivity index (χ0v) is 32.0. The van der Waals surface area contributed by atoms with Crippen molar-refractivity contribution in [3.63, 3.8) is 0 Å². The summed E-state index contributed by atoms with van der Waals surface area (Å²) in [4.78, 5) is 62.8. The van der Waals surface area contributed by atoms with Crippen molar-refractivity contribution in [2.45, 2.75) is 65.6 Å². The second-order valence-electron chi connectivity index (χ2n) is 14.5. The first-order chi connectivity index (χ1) is 26.9. The molecule has 0 fully saturated rings. The monoisotopic (exact) mass is 753 g/mol. The number of carbonyl (C=O) groups excluding carboxylic acids is 3. The van der Waals surface area contributed by atoms with E-state index in [-0.39, 0.29) is 36.1 Å². The summed E-state index contributed by atoms with van der Waals surface area (Å²) < 4.78 is 13.7. The van der Waals surface area contributed by atoms with Crippen LogP contribution in [-0.4, -0.2) is 63.3 Å². The van der Waals surface area contributed by atoms with Crippen LogP contribution in [0.15, 0.2) is 124 Å². The number of hydrogen-bond donors (Lipinski definition) is 3. The van der Waals surface area contributed by atoms with Gasteiger partial charge in [0.25, 0.3) is 5.91 Å². The van der Waals surface area contributed by atoms with E-state index < -0.39 is 12.1 Å². The van der Waals surface area contributed by atoms with Crippen LogP contribution in [0.25, 0.3) is 0 Å². The van der Waals surface area contributed by atoms with Gasteiger partial charge >= 0.3 is 6.03 Å². The van der Waals surface area contributed by atoms with Crippen LogP contribution >= 0.6 is 0 Å². The fourth-order valence-electron chi connectivity index (χ4n) is 7.03. The van der Waals surface area contributed by atoms with Crippen molar-refractivity contribution < 1.29 is 18.8 Å². The number of allylic oxidation sites excluding steroid dienone is 6. The van der Waals surface area contributed by atoms with Crippen LogP contribution in [0.1, 0.15) is 74.0 Å². The smallest absolute Gasteiger partial charge is 0.330 e. The number of amides is 4. The molecule has 2 aromatic carbocycles. The fourth-order valence-corrected chi connectivity index (χ4v) is 7.03. The summed E-state index contributed by atoms with van der Waals surface area (Å²) in [7, 11) is 1.68. The summed E-state index contributed by atoms with van der Waals surface area (Å²) in [6, 6.07) is 13.4. The Balaban J connectivity index is 1.09. The van der Waals surface area contributed by atoms with E-state index >= 15 is 0 Å². The van der Waals surface area contributed by atoms with Gasteiger partial charge in [0.15, 0.2) is 0 Å². The fraction of sp³-hybridized carbons (Fsp3) is 0.279. The Bertz CT molecular complexity index is 2300. The number of nitrogens with one attached hydrogen (secondary N) is 3. The second kappa shape index (κ2) is 16.1. The molecule has 56 heavy (non-hydrogen) atoms. The maximum absolute atomic E-state index is 13.8. The van der Waals surface area contributed by atoms with Crippen LogP contribution in [0.2, 0.25) is 0 Å². The van der Waals surface area contributed by atoms with Gasteiger partial charge in [-0.05, 0) is 94.9 Å². The largest absolute Gasteiger partial charge is 0.345 e. The number of benzodiazepines with no additional fused rings is 1. The van der Waals surface area contributed by atoms with E-state index in [1.54, 1.807) is 42.6 Å². The molecule has 4 aliphatic rings. The number of carbonyl (C=O) groups is 3. The molecule has 0 spiro atoms. The third kappa shape index (κ3) is 8.26. The summed E-state index contributed by atoms with van der Waals surface area (Å²) in [5, 5.41) is 9.27. The van der Waals surface area contributed by atoms with Crippen LogP contribution in [0.5, 0.6) is 0 Å². The Labute approximate surface area is 325 Å². The molecule has 12 nitrogen and oxygen atoms in total. The number of rotatable bonds is 9. The molecule has 3 aromatic rings. The number of benzene rings is 2.